The number of nitrogens with one attached hydrogen (secondary N) is 1. The third-order valence-electron chi connectivity index (χ3n) is 3.33. The van der Waals surface area contributed by atoms with Crippen molar-refractivity contribution in [3.63, 3.8) is 0 Å². The Balaban J connectivity index is 1.76. The molecule has 2 amide bonds. The zero-order valence-electron chi connectivity index (χ0n) is 11.3. The van der Waals surface area contributed by atoms with Gasteiger partial charge in [0.05, 0.1) is 6.04 Å². The largest absolute Gasteiger partial charge is 0.465 e. The van der Waals surface area contributed by atoms with Crippen molar-refractivity contribution >= 4 is 18.5 Å². The highest BCUT2D eigenvalue weighted by atomic mass is 16.5. The molecule has 1 atom stereocenters. The first kappa shape index (κ1) is 14.8. The van der Waals surface area contributed by atoms with Crippen molar-refractivity contribution in [2.75, 3.05) is 13.1 Å². The van der Waals surface area contributed by atoms with Crippen molar-refractivity contribution in [2.45, 2.75) is 12.6 Å². The normalized spacial score (nSPS) is 15.7. The maximum atomic E-state index is 11.6. The number of hydrogen-bond donors (Lipinski definition) is 2. The van der Waals surface area contributed by atoms with Gasteiger partial charge in [0.1, 0.15) is 12.9 Å². The first-order valence-corrected chi connectivity index (χ1v) is 6.50. The van der Waals surface area contributed by atoms with Crippen LogP contribution >= 0.6 is 0 Å². The number of ether oxygens (including phenoxy) is 1. The average molecular weight is 292 g/mol. The van der Waals surface area contributed by atoms with Crippen LogP contribution in [0.2, 0.25) is 0 Å². The maximum Gasteiger partial charge on any atom is 0.408 e. The van der Waals surface area contributed by atoms with Gasteiger partial charge in [-0.1, -0.05) is 30.3 Å². The maximum absolute atomic E-state index is 11.6. The third kappa shape index (κ3) is 3.95. The van der Waals surface area contributed by atoms with Gasteiger partial charge >= 0.3 is 12.2 Å². The van der Waals surface area contributed by atoms with E-state index in [-0.39, 0.29) is 25.6 Å². The molecule has 0 spiro atoms. The van der Waals surface area contributed by atoms with E-state index >= 15 is 0 Å². The Morgan fingerprint density at radius 1 is 1.38 bits per heavy atom. The van der Waals surface area contributed by atoms with Crippen LogP contribution in [0.5, 0.6) is 0 Å². The third-order valence-corrected chi connectivity index (χ3v) is 3.33. The van der Waals surface area contributed by atoms with Gasteiger partial charge in [-0.25, -0.2) is 9.59 Å². The van der Waals surface area contributed by atoms with Crippen LogP contribution in [-0.4, -0.2) is 47.6 Å². The number of alkyl carbamates (subject to hydrolysis) is 1. The van der Waals surface area contributed by atoms with E-state index in [1.54, 1.807) is 0 Å². The van der Waals surface area contributed by atoms with Crippen molar-refractivity contribution in [3.05, 3.63) is 35.9 Å². The smallest absolute Gasteiger partial charge is 0.408 e. The van der Waals surface area contributed by atoms with Crippen LogP contribution in [0.1, 0.15) is 5.56 Å². The molecule has 0 radical (unpaired) electrons. The number of carboxylic acid groups (broad SMARTS) is 1. The second-order valence-electron chi connectivity index (χ2n) is 4.82. The molecule has 0 saturated carbocycles. The number of rotatable bonds is 5. The highest BCUT2D eigenvalue weighted by molar-refractivity contribution is 5.74. The topological polar surface area (TPSA) is 95.9 Å². The van der Waals surface area contributed by atoms with Gasteiger partial charge in [-0.15, -0.1) is 0 Å². The molecule has 21 heavy (non-hydrogen) atoms. The zero-order chi connectivity index (χ0) is 15.2. The van der Waals surface area contributed by atoms with Gasteiger partial charge in [0.15, 0.2) is 0 Å². The van der Waals surface area contributed by atoms with Gasteiger partial charge in [0.25, 0.3) is 0 Å². The number of nitrogens with zero attached hydrogens (tertiary/aromatic N) is 1. The Morgan fingerprint density at radius 2 is 2.05 bits per heavy atom. The summed E-state index contributed by atoms with van der Waals surface area (Å²) in [5.41, 5.74) is 0.844. The lowest BCUT2D eigenvalue weighted by molar-refractivity contribution is -0.112. The van der Waals surface area contributed by atoms with Gasteiger partial charge in [0.2, 0.25) is 0 Å². The molecule has 1 aromatic carbocycles. The van der Waals surface area contributed by atoms with E-state index in [1.807, 2.05) is 30.3 Å². The summed E-state index contributed by atoms with van der Waals surface area (Å²) in [6.45, 7) is 0.583. The minimum Gasteiger partial charge on any atom is -0.465 e. The zero-order valence-corrected chi connectivity index (χ0v) is 11.3. The van der Waals surface area contributed by atoms with E-state index in [0.717, 1.165) is 5.56 Å². The fraction of sp³-hybridized carbons (Fsp3) is 0.357. The molecule has 1 aromatic rings. The predicted octanol–water partition coefficient (Wildman–Crippen LogP) is 1.09. The fourth-order valence-corrected chi connectivity index (χ4v) is 2.06. The van der Waals surface area contributed by atoms with Crippen molar-refractivity contribution in [1.82, 2.24) is 10.2 Å². The van der Waals surface area contributed by atoms with E-state index < -0.39 is 18.2 Å². The number of carbonyl (C=O) groups excluding carboxylic acids is 2. The fourth-order valence-electron chi connectivity index (χ4n) is 2.06. The van der Waals surface area contributed by atoms with E-state index in [2.05, 4.69) is 5.32 Å². The summed E-state index contributed by atoms with van der Waals surface area (Å²) >= 11 is 0. The Hall–Kier alpha value is -2.57. The molecule has 1 fully saturated rings. The molecule has 1 saturated heterocycles. The Kier molecular flexibility index (Phi) is 4.76. The SMILES string of the molecule is O=CC(NC(=O)OCc1ccccc1)C1CN(C(=O)O)C1. The van der Waals surface area contributed by atoms with E-state index in [9.17, 15) is 14.4 Å². The molecule has 0 aromatic heterocycles. The van der Waals surface area contributed by atoms with Crippen LogP contribution in [0, 0.1) is 5.92 Å². The number of aldehydes is 1. The summed E-state index contributed by atoms with van der Waals surface area (Å²) < 4.78 is 5.01. The number of carbonyl (C=O) groups is 3. The van der Waals surface area contributed by atoms with Crippen molar-refractivity contribution in [2.24, 2.45) is 5.92 Å². The molecule has 1 heterocycles. The van der Waals surface area contributed by atoms with E-state index in [0.29, 0.717) is 6.29 Å². The van der Waals surface area contributed by atoms with Crippen LogP contribution in [0.3, 0.4) is 0 Å². The lowest BCUT2D eigenvalue weighted by Crippen LogP contribution is -2.58. The molecule has 1 aliphatic heterocycles. The lowest BCUT2D eigenvalue weighted by atomic mass is 9.93. The summed E-state index contributed by atoms with van der Waals surface area (Å²) in [5, 5.41) is 11.2. The molecule has 112 valence electrons. The summed E-state index contributed by atoms with van der Waals surface area (Å²) in [4.78, 5) is 34.4. The van der Waals surface area contributed by atoms with Gasteiger partial charge in [-0.05, 0) is 5.56 Å². The standard InChI is InChI=1S/C14H16N2O5/c17-8-12(11-6-16(7-11)14(19)20)15-13(18)21-9-10-4-2-1-3-5-10/h1-5,8,11-12H,6-7,9H2,(H,15,18)(H,19,20). The summed E-state index contributed by atoms with van der Waals surface area (Å²) in [5.74, 6) is -0.206. The Bertz CT molecular complexity index is 513. The minimum absolute atomic E-state index is 0.115. The molecular weight excluding hydrogens is 276 g/mol. The highest BCUT2D eigenvalue weighted by Gasteiger charge is 2.37. The molecular formula is C14H16N2O5. The molecule has 1 unspecified atom stereocenters. The Labute approximate surface area is 121 Å². The Morgan fingerprint density at radius 3 is 2.62 bits per heavy atom. The predicted molar refractivity (Wildman–Crippen MR) is 72.7 cm³/mol. The molecule has 7 heteroatoms. The number of amides is 2. The molecule has 2 N–H and O–H groups in total. The molecule has 7 nitrogen and oxygen atoms in total. The molecule has 2 rings (SSSR count). The summed E-state index contributed by atoms with van der Waals surface area (Å²) in [6, 6.07) is 8.43. The average Bonchev–Trinajstić information content (AvgIpc) is 2.43. The van der Waals surface area contributed by atoms with Crippen LogP contribution in [0.15, 0.2) is 30.3 Å². The van der Waals surface area contributed by atoms with Gasteiger partial charge < -0.3 is 24.9 Å². The highest BCUT2D eigenvalue weighted by Crippen LogP contribution is 2.18. The molecule has 1 aliphatic rings. The summed E-state index contributed by atoms with van der Waals surface area (Å²) in [7, 11) is 0. The van der Waals surface area contributed by atoms with Gasteiger partial charge in [-0.2, -0.15) is 0 Å². The van der Waals surface area contributed by atoms with E-state index in [4.69, 9.17) is 9.84 Å². The lowest BCUT2D eigenvalue weighted by Gasteiger charge is -2.39. The molecule has 0 bridgehead atoms. The number of hydrogen-bond acceptors (Lipinski definition) is 4. The first-order valence-electron chi connectivity index (χ1n) is 6.50. The van der Waals surface area contributed by atoms with Crippen LogP contribution in [-0.2, 0) is 16.1 Å². The molecule has 0 aliphatic carbocycles. The summed E-state index contributed by atoms with van der Waals surface area (Å²) in [6.07, 6.45) is -1.11. The monoisotopic (exact) mass is 292 g/mol. The van der Waals surface area contributed by atoms with E-state index in [1.165, 1.54) is 4.90 Å². The van der Waals surface area contributed by atoms with Gasteiger partial charge in [-0.3, -0.25) is 0 Å². The van der Waals surface area contributed by atoms with Gasteiger partial charge in [0, 0.05) is 19.0 Å². The van der Waals surface area contributed by atoms with Crippen molar-refractivity contribution in [1.29, 1.82) is 0 Å². The van der Waals surface area contributed by atoms with Crippen molar-refractivity contribution in [3.8, 4) is 0 Å². The van der Waals surface area contributed by atoms with Crippen LogP contribution < -0.4 is 5.32 Å². The number of likely N-dealkylation sites (tertiary alicyclic amines) is 1. The number of benzene rings is 1. The van der Waals surface area contributed by atoms with Crippen LogP contribution in [0.4, 0.5) is 9.59 Å². The first-order chi connectivity index (χ1) is 10.1. The second-order valence-corrected chi connectivity index (χ2v) is 4.82. The quantitative estimate of drug-likeness (QED) is 0.792. The second kappa shape index (κ2) is 6.74. The minimum atomic E-state index is -1.03. The van der Waals surface area contributed by atoms with Crippen molar-refractivity contribution < 1.29 is 24.2 Å². The van der Waals surface area contributed by atoms with Crippen LogP contribution in [0.25, 0.3) is 0 Å².